The summed E-state index contributed by atoms with van der Waals surface area (Å²) in [6.45, 7) is 5.93. The third-order valence-electron chi connectivity index (χ3n) is 5.43. The van der Waals surface area contributed by atoms with Crippen molar-refractivity contribution >= 4 is 101 Å². The summed E-state index contributed by atoms with van der Waals surface area (Å²) in [6, 6.07) is 14.8. The fraction of sp³-hybridized carbons (Fsp3) is 0.375. The number of aromatic nitrogens is 4. The van der Waals surface area contributed by atoms with Crippen LogP contribution in [0, 0.1) is 5.92 Å². The number of carbonyl (C=O) groups excluding carboxylic acids is 1. The molecule has 3 rings (SSSR count). The number of aliphatic carboxylic acids is 1. The molecule has 1 heterocycles. The number of benzene rings is 2. The van der Waals surface area contributed by atoms with Gasteiger partial charge in [0.25, 0.3) is 0 Å². The second-order valence-corrected chi connectivity index (χ2v) is 8.14. The zero-order valence-corrected chi connectivity index (χ0v) is 20.2. The van der Waals surface area contributed by atoms with Gasteiger partial charge in [-0.25, -0.2) is 9.89 Å². The second kappa shape index (κ2) is 22.1. The summed E-state index contributed by atoms with van der Waals surface area (Å²) >= 11 is 0. The van der Waals surface area contributed by atoms with E-state index >= 15 is 0 Å². The number of tetrazole rings is 1. The van der Waals surface area contributed by atoms with Crippen molar-refractivity contribution in [3.05, 3.63) is 54.1 Å². The number of carboxylic acids is 1. The number of hydrogen-bond acceptors (Lipinski definition) is 5. The van der Waals surface area contributed by atoms with Gasteiger partial charge in [0.2, 0.25) is 5.91 Å². The average molecular weight is 562 g/mol. The summed E-state index contributed by atoms with van der Waals surface area (Å²) in [5, 5.41) is 23.9. The molecular formula is C24H38N5Na3O6. The number of aromatic amines is 1. The molecule has 1 aromatic heterocycles. The van der Waals surface area contributed by atoms with Gasteiger partial charge in [0.15, 0.2) is 5.82 Å². The Kier molecular flexibility index (Phi) is 25.8. The van der Waals surface area contributed by atoms with Crippen LogP contribution in [0.2, 0.25) is 0 Å². The van der Waals surface area contributed by atoms with Gasteiger partial charge >= 0.3 is 94.6 Å². The Morgan fingerprint density at radius 3 is 2.00 bits per heavy atom. The quantitative estimate of drug-likeness (QED) is 0.319. The van der Waals surface area contributed by atoms with Gasteiger partial charge in [-0.15, -0.1) is 5.10 Å². The molecule has 0 spiro atoms. The van der Waals surface area contributed by atoms with Crippen molar-refractivity contribution in [1.29, 1.82) is 0 Å². The summed E-state index contributed by atoms with van der Waals surface area (Å²) < 4.78 is 0. The number of unbranched alkanes of at least 4 members (excludes halogenated alkanes) is 1. The SMILES string of the molecule is CCCCC(=O)N(Cc1ccc(-c2ccccc2-c2nnn[nH]2)cc1)C(C(=O)O)C(C)C.O.O.O.[NaH].[NaH].[NaH]. The van der Waals surface area contributed by atoms with Crippen LogP contribution in [-0.4, -0.2) is 154 Å². The molecule has 1 amide bonds. The van der Waals surface area contributed by atoms with Crippen molar-refractivity contribution in [3.63, 3.8) is 0 Å². The maximum atomic E-state index is 12.9. The Morgan fingerprint density at radius 2 is 1.53 bits per heavy atom. The predicted octanol–water partition coefficient (Wildman–Crippen LogP) is -0.258. The molecule has 0 saturated heterocycles. The standard InChI is InChI=1S/C24H29N5O3.3Na.3H2O.3H/c1-4-5-10-21(30)29(22(16(2)3)24(31)32)15-17-11-13-18(14-12-17)19-8-6-7-9-20(19)23-25-27-28-26-23;;;;;;;;;/h6-9,11-14,16,22H,4-5,10,15H2,1-3H3,(H,31,32)(H,25,26,27,28);;;;3*1H2;;;. The van der Waals surface area contributed by atoms with Gasteiger partial charge in [-0.2, -0.15) is 0 Å². The minimum atomic E-state index is -0.976. The van der Waals surface area contributed by atoms with Crippen LogP contribution in [-0.2, 0) is 16.1 Å². The molecule has 0 saturated carbocycles. The average Bonchev–Trinajstić information content (AvgIpc) is 3.32. The molecule has 11 nitrogen and oxygen atoms in total. The molecule has 0 aliphatic carbocycles. The van der Waals surface area contributed by atoms with E-state index in [-0.39, 0.29) is 123 Å². The summed E-state index contributed by atoms with van der Waals surface area (Å²) in [5.41, 5.74) is 3.71. The first kappa shape index (κ1) is 44.4. The molecule has 0 aliphatic heterocycles. The van der Waals surface area contributed by atoms with Gasteiger partial charge in [0, 0.05) is 18.5 Å². The topological polar surface area (TPSA) is 207 Å². The summed E-state index contributed by atoms with van der Waals surface area (Å²) in [5.74, 6) is -0.713. The van der Waals surface area contributed by atoms with Gasteiger partial charge in [-0.3, -0.25) is 4.79 Å². The van der Waals surface area contributed by atoms with E-state index in [0.29, 0.717) is 12.2 Å². The monoisotopic (exact) mass is 561 g/mol. The summed E-state index contributed by atoms with van der Waals surface area (Å²) in [4.78, 5) is 26.3. The third-order valence-corrected chi connectivity index (χ3v) is 5.43. The zero-order valence-electron chi connectivity index (χ0n) is 20.2. The zero-order chi connectivity index (χ0) is 23.1. The molecule has 0 fully saturated rings. The first-order chi connectivity index (χ1) is 15.4. The molecular weight excluding hydrogens is 523 g/mol. The van der Waals surface area contributed by atoms with Crippen LogP contribution in [0.25, 0.3) is 22.5 Å². The van der Waals surface area contributed by atoms with Crippen LogP contribution in [0.15, 0.2) is 48.5 Å². The number of amides is 1. The molecule has 0 radical (unpaired) electrons. The molecule has 1 atom stereocenters. The number of nitrogens with zero attached hydrogens (tertiary/aromatic N) is 4. The van der Waals surface area contributed by atoms with Crippen molar-refractivity contribution < 1.29 is 31.1 Å². The number of carbonyl (C=O) groups is 2. The van der Waals surface area contributed by atoms with Crippen LogP contribution >= 0.6 is 0 Å². The number of rotatable bonds is 10. The Bertz CT molecular complexity index is 1060. The van der Waals surface area contributed by atoms with Crippen LogP contribution in [0.1, 0.15) is 45.6 Å². The van der Waals surface area contributed by atoms with Crippen molar-refractivity contribution in [1.82, 2.24) is 25.5 Å². The van der Waals surface area contributed by atoms with Crippen molar-refractivity contribution in [2.24, 2.45) is 5.92 Å². The molecule has 8 N–H and O–H groups in total. The van der Waals surface area contributed by atoms with E-state index in [2.05, 4.69) is 20.6 Å². The molecule has 3 aromatic rings. The van der Waals surface area contributed by atoms with Crippen LogP contribution < -0.4 is 0 Å². The van der Waals surface area contributed by atoms with E-state index in [1.807, 2.05) is 69.3 Å². The Hall–Kier alpha value is -0.670. The normalized spacial score (nSPS) is 10.1. The fourth-order valence-corrected chi connectivity index (χ4v) is 3.79. The van der Waals surface area contributed by atoms with Gasteiger partial charge in [0.1, 0.15) is 6.04 Å². The fourth-order valence-electron chi connectivity index (χ4n) is 3.79. The van der Waals surface area contributed by atoms with Crippen LogP contribution in [0.3, 0.4) is 0 Å². The van der Waals surface area contributed by atoms with Gasteiger partial charge in [0.05, 0.1) is 0 Å². The summed E-state index contributed by atoms with van der Waals surface area (Å²) in [6.07, 6.45) is 1.98. The Morgan fingerprint density at radius 1 is 0.947 bits per heavy atom. The third kappa shape index (κ3) is 11.8. The first-order valence-electron chi connectivity index (χ1n) is 10.9. The predicted molar refractivity (Wildman–Crippen MR) is 154 cm³/mol. The van der Waals surface area contributed by atoms with Gasteiger partial charge in [-0.1, -0.05) is 75.7 Å². The van der Waals surface area contributed by atoms with Crippen LogP contribution in [0.4, 0.5) is 0 Å². The van der Waals surface area contributed by atoms with E-state index in [4.69, 9.17) is 0 Å². The molecule has 0 bridgehead atoms. The Balaban J connectivity index is -0.000000963. The number of nitrogens with one attached hydrogen (secondary N) is 1. The molecule has 1 unspecified atom stereocenters. The van der Waals surface area contributed by atoms with Crippen molar-refractivity contribution in [3.8, 4) is 22.5 Å². The molecule has 2 aromatic carbocycles. The van der Waals surface area contributed by atoms with Gasteiger partial charge in [-0.05, 0) is 39.5 Å². The van der Waals surface area contributed by atoms with E-state index < -0.39 is 12.0 Å². The molecule has 0 aliphatic rings. The minimum absolute atomic E-state index is 0. The Labute approximate surface area is 289 Å². The van der Waals surface area contributed by atoms with E-state index in [1.54, 1.807) is 0 Å². The second-order valence-electron chi connectivity index (χ2n) is 8.14. The maximum absolute atomic E-state index is 12.9. The summed E-state index contributed by atoms with van der Waals surface area (Å²) in [7, 11) is 0. The van der Waals surface area contributed by atoms with E-state index in [1.165, 1.54) is 4.90 Å². The van der Waals surface area contributed by atoms with Gasteiger partial charge < -0.3 is 26.4 Å². The van der Waals surface area contributed by atoms with E-state index in [9.17, 15) is 14.7 Å². The number of carboxylic acid groups (broad SMARTS) is 1. The first-order valence-corrected chi connectivity index (χ1v) is 10.9. The number of hydrogen-bond donors (Lipinski definition) is 2. The van der Waals surface area contributed by atoms with Crippen molar-refractivity contribution in [2.45, 2.75) is 52.6 Å². The molecule has 198 valence electrons. The van der Waals surface area contributed by atoms with Crippen molar-refractivity contribution in [2.75, 3.05) is 0 Å². The molecule has 14 heteroatoms. The van der Waals surface area contributed by atoms with E-state index in [0.717, 1.165) is 35.1 Å². The van der Waals surface area contributed by atoms with Crippen LogP contribution in [0.5, 0.6) is 0 Å². The number of H-pyrrole nitrogens is 1. The molecule has 38 heavy (non-hydrogen) atoms.